The Bertz CT molecular complexity index is 703. The van der Waals surface area contributed by atoms with Gasteiger partial charge in [-0.1, -0.05) is 22.0 Å². The van der Waals surface area contributed by atoms with Crippen LogP contribution in [0, 0.1) is 6.92 Å². The van der Waals surface area contributed by atoms with Gasteiger partial charge in [0.05, 0.1) is 0 Å². The van der Waals surface area contributed by atoms with Crippen LogP contribution in [0.4, 0.5) is 5.82 Å². The smallest absolute Gasteiger partial charge is 0.263 e. The predicted molar refractivity (Wildman–Crippen MR) is 81.6 cm³/mol. The molecule has 2 rings (SSSR count). The fourth-order valence-corrected chi connectivity index (χ4v) is 4.24. The van der Waals surface area contributed by atoms with E-state index < -0.39 is 10.0 Å². The van der Waals surface area contributed by atoms with Gasteiger partial charge >= 0.3 is 0 Å². The van der Waals surface area contributed by atoms with Crippen molar-refractivity contribution in [2.45, 2.75) is 11.8 Å². The Labute approximate surface area is 128 Å². The van der Waals surface area contributed by atoms with E-state index in [1.165, 1.54) is 6.20 Å². The molecule has 0 saturated heterocycles. The Hall–Kier alpha value is -0.920. The van der Waals surface area contributed by atoms with Crippen LogP contribution in [-0.4, -0.2) is 13.4 Å². The molecular weight excluding hydrogens is 396 g/mol. The Kier molecular flexibility index (Phi) is 4.27. The van der Waals surface area contributed by atoms with E-state index in [-0.39, 0.29) is 10.7 Å². The molecule has 0 spiro atoms. The lowest BCUT2D eigenvalue weighted by molar-refractivity contribution is 0.600. The van der Waals surface area contributed by atoms with Crippen molar-refractivity contribution in [2.24, 2.45) is 0 Å². The number of anilines is 1. The third kappa shape index (κ3) is 3.34. The van der Waals surface area contributed by atoms with E-state index in [1.54, 1.807) is 30.3 Å². The summed E-state index contributed by atoms with van der Waals surface area (Å²) in [5.41, 5.74) is 0.838. The number of aromatic nitrogens is 1. The summed E-state index contributed by atoms with van der Waals surface area (Å²) < 4.78 is 28.4. The summed E-state index contributed by atoms with van der Waals surface area (Å²) in [6.45, 7) is 1.83. The fraction of sp³-hybridized carbons (Fsp3) is 0.0833. The Morgan fingerprint density at radius 3 is 2.53 bits per heavy atom. The van der Waals surface area contributed by atoms with Crippen LogP contribution in [0.25, 0.3) is 0 Å². The number of aryl methyl sites for hydroxylation is 1. The molecule has 4 nitrogen and oxygen atoms in total. The van der Waals surface area contributed by atoms with Crippen LogP contribution in [0.2, 0.25) is 0 Å². The van der Waals surface area contributed by atoms with Gasteiger partial charge in [-0.2, -0.15) is 0 Å². The Morgan fingerprint density at radius 2 is 1.89 bits per heavy atom. The zero-order valence-electron chi connectivity index (χ0n) is 9.89. The van der Waals surface area contributed by atoms with E-state index in [9.17, 15) is 8.42 Å². The summed E-state index contributed by atoms with van der Waals surface area (Å²) in [6.07, 6.45) is 1.53. The van der Waals surface area contributed by atoms with Gasteiger partial charge in [-0.3, -0.25) is 4.72 Å². The summed E-state index contributed by atoms with van der Waals surface area (Å²) in [5.74, 6) is 0.287. The van der Waals surface area contributed by atoms with Gasteiger partial charge in [0, 0.05) is 15.1 Å². The summed E-state index contributed by atoms with van der Waals surface area (Å²) in [7, 11) is -3.66. The third-order valence-corrected chi connectivity index (χ3v) is 5.57. The Balaban J connectivity index is 2.43. The van der Waals surface area contributed by atoms with Gasteiger partial charge in [0.25, 0.3) is 10.0 Å². The number of pyridine rings is 1. The molecule has 1 aromatic carbocycles. The maximum atomic E-state index is 12.3. The molecule has 1 aromatic heterocycles. The van der Waals surface area contributed by atoms with Gasteiger partial charge in [-0.25, -0.2) is 13.4 Å². The molecule has 100 valence electrons. The highest BCUT2D eigenvalue weighted by Gasteiger charge is 2.19. The molecule has 0 atom stereocenters. The van der Waals surface area contributed by atoms with Crippen molar-refractivity contribution in [3.8, 4) is 0 Å². The number of hydrogen-bond acceptors (Lipinski definition) is 3. The number of sulfonamides is 1. The molecule has 0 aliphatic rings. The predicted octanol–water partition coefficient (Wildman–Crippen LogP) is 3.72. The van der Waals surface area contributed by atoms with Crippen molar-refractivity contribution < 1.29 is 8.42 Å². The highest BCUT2D eigenvalue weighted by atomic mass is 79.9. The van der Waals surface area contributed by atoms with Crippen LogP contribution in [0.3, 0.4) is 0 Å². The average molecular weight is 406 g/mol. The minimum Gasteiger partial charge on any atom is -0.263 e. The molecular formula is C12H10Br2N2O2S. The first-order valence-corrected chi connectivity index (χ1v) is 8.36. The standard InChI is InChI=1S/C12H10Br2N2O2S/c1-8-6-11(10(14)7-9(8)13)19(17,18)16-12-4-2-3-5-15-12/h2-7H,1H3,(H,15,16). The second-order valence-corrected chi connectivity index (χ2v) is 7.21. The lowest BCUT2D eigenvalue weighted by Crippen LogP contribution is -2.14. The molecule has 0 saturated carbocycles. The minimum atomic E-state index is -3.66. The molecule has 0 aliphatic carbocycles. The van der Waals surface area contributed by atoms with E-state index in [0.717, 1.165) is 10.0 Å². The molecule has 1 N–H and O–H groups in total. The lowest BCUT2D eigenvalue weighted by Gasteiger charge is -2.10. The Morgan fingerprint density at radius 1 is 1.16 bits per heavy atom. The first-order valence-electron chi connectivity index (χ1n) is 5.29. The zero-order chi connectivity index (χ0) is 14.0. The number of nitrogens with one attached hydrogen (secondary N) is 1. The lowest BCUT2D eigenvalue weighted by atomic mass is 10.2. The molecule has 2 aromatic rings. The SMILES string of the molecule is Cc1cc(S(=O)(=O)Nc2ccccn2)c(Br)cc1Br. The van der Waals surface area contributed by atoms with Gasteiger partial charge in [-0.15, -0.1) is 0 Å². The van der Waals surface area contributed by atoms with E-state index in [4.69, 9.17) is 0 Å². The maximum Gasteiger partial charge on any atom is 0.264 e. The second-order valence-electron chi connectivity index (χ2n) is 3.85. The largest absolute Gasteiger partial charge is 0.264 e. The monoisotopic (exact) mass is 404 g/mol. The van der Waals surface area contributed by atoms with Gasteiger partial charge < -0.3 is 0 Å². The number of rotatable bonds is 3. The second kappa shape index (κ2) is 5.60. The van der Waals surface area contributed by atoms with E-state index in [0.29, 0.717) is 4.47 Å². The number of hydrogen-bond donors (Lipinski definition) is 1. The zero-order valence-corrected chi connectivity index (χ0v) is 13.9. The summed E-state index contributed by atoms with van der Waals surface area (Å²) in [5, 5.41) is 0. The molecule has 1 heterocycles. The first kappa shape index (κ1) is 14.5. The van der Waals surface area contributed by atoms with Crippen LogP contribution in [0.1, 0.15) is 5.56 Å². The van der Waals surface area contributed by atoms with Gasteiger partial charge in [0.15, 0.2) is 0 Å². The molecule has 0 bridgehead atoms. The van der Waals surface area contributed by atoms with E-state index >= 15 is 0 Å². The van der Waals surface area contributed by atoms with Crippen molar-refractivity contribution in [1.82, 2.24) is 4.98 Å². The van der Waals surface area contributed by atoms with E-state index in [2.05, 4.69) is 41.6 Å². The normalized spacial score (nSPS) is 11.3. The molecule has 0 radical (unpaired) electrons. The average Bonchev–Trinajstić information content (AvgIpc) is 2.34. The first-order chi connectivity index (χ1) is 8.90. The molecule has 19 heavy (non-hydrogen) atoms. The number of nitrogens with zero attached hydrogens (tertiary/aromatic N) is 1. The van der Waals surface area contributed by atoms with Gasteiger partial charge in [-0.05, 0) is 52.7 Å². The molecule has 7 heteroatoms. The molecule has 0 amide bonds. The summed E-state index contributed by atoms with van der Waals surface area (Å²) in [4.78, 5) is 4.12. The van der Waals surface area contributed by atoms with Crippen LogP contribution < -0.4 is 4.72 Å². The fourth-order valence-electron chi connectivity index (χ4n) is 1.45. The van der Waals surface area contributed by atoms with Crippen molar-refractivity contribution >= 4 is 47.7 Å². The minimum absolute atomic E-state index is 0.179. The van der Waals surface area contributed by atoms with Crippen LogP contribution in [0.5, 0.6) is 0 Å². The topological polar surface area (TPSA) is 59.1 Å². The molecule has 0 aliphatic heterocycles. The van der Waals surface area contributed by atoms with Crippen molar-refractivity contribution in [1.29, 1.82) is 0 Å². The quantitative estimate of drug-likeness (QED) is 0.846. The van der Waals surface area contributed by atoms with Crippen LogP contribution in [0.15, 0.2) is 50.4 Å². The van der Waals surface area contributed by atoms with E-state index in [1.807, 2.05) is 6.92 Å². The number of benzene rings is 1. The van der Waals surface area contributed by atoms with Crippen LogP contribution in [-0.2, 0) is 10.0 Å². The van der Waals surface area contributed by atoms with Gasteiger partial charge in [0.2, 0.25) is 0 Å². The molecule has 0 fully saturated rings. The van der Waals surface area contributed by atoms with Gasteiger partial charge in [0.1, 0.15) is 10.7 Å². The highest BCUT2D eigenvalue weighted by Crippen LogP contribution is 2.29. The van der Waals surface area contributed by atoms with Crippen LogP contribution >= 0.6 is 31.9 Å². The third-order valence-electron chi connectivity index (χ3n) is 2.41. The number of halogens is 2. The molecule has 0 unspecified atom stereocenters. The summed E-state index contributed by atoms with van der Waals surface area (Å²) in [6, 6.07) is 8.34. The summed E-state index contributed by atoms with van der Waals surface area (Å²) >= 11 is 6.62. The maximum absolute atomic E-state index is 12.3. The van der Waals surface area contributed by atoms with Crippen molar-refractivity contribution in [3.05, 3.63) is 51.0 Å². The van der Waals surface area contributed by atoms with Crippen molar-refractivity contribution in [2.75, 3.05) is 4.72 Å². The highest BCUT2D eigenvalue weighted by molar-refractivity contribution is 9.11. The van der Waals surface area contributed by atoms with Crippen molar-refractivity contribution in [3.63, 3.8) is 0 Å².